The summed E-state index contributed by atoms with van der Waals surface area (Å²) in [6.07, 6.45) is 0. The van der Waals surface area contributed by atoms with Gasteiger partial charge >= 0.3 is 0 Å². The quantitative estimate of drug-likeness (QED) is 0.154. The van der Waals surface area contributed by atoms with Crippen LogP contribution in [0, 0.1) is 0 Å². The molecule has 0 saturated carbocycles. The summed E-state index contributed by atoms with van der Waals surface area (Å²) in [5.41, 5.74) is 10.8. The number of nitrogens with zero attached hydrogens (tertiary/aromatic N) is 1. The third kappa shape index (κ3) is 5.22. The molecule has 0 bridgehead atoms. The normalized spacial score (nSPS) is 11.6. The molecule has 10 aromatic carbocycles. The molecule has 11 rings (SSSR count). The third-order valence-corrected chi connectivity index (χ3v) is 12.4. The van der Waals surface area contributed by atoms with E-state index >= 15 is 0 Å². The average molecular weight is 730 g/mol. The molecule has 1 nitrogen and oxygen atoms in total. The van der Waals surface area contributed by atoms with Gasteiger partial charge in [0.1, 0.15) is 0 Å². The summed E-state index contributed by atoms with van der Waals surface area (Å²) < 4.78 is 2.58. The van der Waals surface area contributed by atoms with E-state index < -0.39 is 0 Å². The Balaban J connectivity index is 1.23. The predicted octanol–water partition coefficient (Wildman–Crippen LogP) is 16.0. The van der Waals surface area contributed by atoms with E-state index in [1.54, 1.807) is 0 Å². The molecule has 0 saturated heterocycles. The number of thiophene rings is 1. The van der Waals surface area contributed by atoms with Crippen LogP contribution in [0.5, 0.6) is 0 Å². The van der Waals surface area contributed by atoms with Gasteiger partial charge in [-0.1, -0.05) is 176 Å². The summed E-state index contributed by atoms with van der Waals surface area (Å²) in [4.78, 5) is 2.51. The minimum absolute atomic E-state index is 1.14. The second kappa shape index (κ2) is 13.4. The molecule has 0 amide bonds. The van der Waals surface area contributed by atoms with Gasteiger partial charge in [-0.05, 0) is 91.1 Å². The molecule has 0 N–H and O–H groups in total. The van der Waals surface area contributed by atoms with Gasteiger partial charge in [-0.15, -0.1) is 11.3 Å². The molecular weight excluding hydrogens is 695 g/mol. The third-order valence-electron chi connectivity index (χ3n) is 11.2. The van der Waals surface area contributed by atoms with Crippen LogP contribution in [-0.2, 0) is 0 Å². The van der Waals surface area contributed by atoms with Gasteiger partial charge in [-0.2, -0.15) is 0 Å². The number of hydrogen-bond acceptors (Lipinski definition) is 2. The fourth-order valence-electron chi connectivity index (χ4n) is 8.82. The lowest BCUT2D eigenvalue weighted by Gasteiger charge is -2.30. The molecule has 0 aliphatic rings. The smallest absolute Gasteiger partial charge is 0.0555 e. The zero-order chi connectivity index (χ0) is 37.0. The molecule has 0 radical (unpaired) electrons. The van der Waals surface area contributed by atoms with Crippen LogP contribution >= 0.6 is 11.3 Å². The predicted molar refractivity (Wildman–Crippen MR) is 243 cm³/mol. The van der Waals surface area contributed by atoms with Crippen molar-refractivity contribution in [2.75, 3.05) is 4.90 Å². The highest BCUT2D eigenvalue weighted by Gasteiger charge is 2.24. The second-order valence-electron chi connectivity index (χ2n) is 14.4. The Kier molecular flexibility index (Phi) is 7.75. The standard InChI is InChI=1S/C54H35NS/c1-3-18-37(19-4-1)52-44-26-10-9-25-42(44)43-34-33-39(35-46(43)53(52)38-20-5-2-6-21-38)41-24-11-13-28-47(41)55(48-29-15-22-36-17-7-8-23-40(36)48)49-30-16-32-51-54(49)45-27-12-14-31-50(45)56-51/h1-35H. The van der Waals surface area contributed by atoms with Gasteiger partial charge in [-0.3, -0.25) is 0 Å². The first-order valence-electron chi connectivity index (χ1n) is 19.2. The maximum atomic E-state index is 2.51. The number of rotatable bonds is 6. The number of hydrogen-bond donors (Lipinski definition) is 0. The number of fused-ring (bicyclic) bond motifs is 7. The summed E-state index contributed by atoms with van der Waals surface area (Å²) in [6.45, 7) is 0. The average Bonchev–Trinajstić information content (AvgIpc) is 3.66. The topological polar surface area (TPSA) is 3.24 Å². The maximum Gasteiger partial charge on any atom is 0.0555 e. The summed E-state index contributed by atoms with van der Waals surface area (Å²) >= 11 is 1.86. The minimum atomic E-state index is 1.14. The van der Waals surface area contributed by atoms with Gasteiger partial charge in [-0.25, -0.2) is 0 Å². The van der Waals surface area contributed by atoms with Gasteiger partial charge in [0.15, 0.2) is 0 Å². The number of para-hydroxylation sites is 1. The van der Waals surface area contributed by atoms with Crippen LogP contribution in [0.2, 0.25) is 0 Å². The molecule has 2 heteroatoms. The summed E-state index contributed by atoms with van der Waals surface area (Å²) in [5, 5.41) is 10.00. The van der Waals surface area contributed by atoms with Crippen molar-refractivity contribution >= 4 is 80.9 Å². The van der Waals surface area contributed by atoms with Gasteiger partial charge in [0.2, 0.25) is 0 Å². The lowest BCUT2D eigenvalue weighted by molar-refractivity contribution is 1.32. The van der Waals surface area contributed by atoms with Crippen LogP contribution in [0.25, 0.3) is 85.9 Å². The van der Waals surface area contributed by atoms with Crippen LogP contribution in [0.1, 0.15) is 0 Å². The van der Waals surface area contributed by atoms with Gasteiger partial charge in [0.05, 0.1) is 17.1 Å². The maximum absolute atomic E-state index is 2.51. The molecule has 262 valence electrons. The Hall–Kier alpha value is -7.00. The molecule has 1 heterocycles. The molecule has 0 atom stereocenters. The van der Waals surface area contributed by atoms with E-state index in [0.717, 1.165) is 11.4 Å². The highest BCUT2D eigenvalue weighted by Crippen LogP contribution is 2.50. The first-order valence-corrected chi connectivity index (χ1v) is 20.0. The molecule has 0 aliphatic carbocycles. The molecule has 1 aromatic heterocycles. The second-order valence-corrected chi connectivity index (χ2v) is 15.5. The van der Waals surface area contributed by atoms with Gasteiger partial charge in [0, 0.05) is 31.1 Å². The summed E-state index contributed by atoms with van der Waals surface area (Å²) in [7, 11) is 0. The summed E-state index contributed by atoms with van der Waals surface area (Å²) in [6, 6.07) is 77.8. The highest BCUT2D eigenvalue weighted by molar-refractivity contribution is 7.26. The Bertz CT molecular complexity index is 3250. The molecule has 0 aliphatic heterocycles. The lowest BCUT2D eigenvalue weighted by Crippen LogP contribution is -2.12. The van der Waals surface area contributed by atoms with Crippen molar-refractivity contribution in [1.29, 1.82) is 0 Å². The molecular formula is C54H35NS. The van der Waals surface area contributed by atoms with E-state index in [1.807, 2.05) is 11.3 Å². The monoisotopic (exact) mass is 729 g/mol. The largest absolute Gasteiger partial charge is 0.309 e. The lowest BCUT2D eigenvalue weighted by atomic mass is 9.84. The van der Waals surface area contributed by atoms with E-state index in [0.29, 0.717) is 0 Å². The first-order chi connectivity index (χ1) is 27.8. The Morgan fingerprint density at radius 3 is 1.64 bits per heavy atom. The molecule has 0 spiro atoms. The van der Waals surface area contributed by atoms with Crippen LogP contribution in [0.3, 0.4) is 0 Å². The van der Waals surface area contributed by atoms with Crippen LogP contribution < -0.4 is 4.90 Å². The molecule has 0 fully saturated rings. The van der Waals surface area contributed by atoms with Crippen LogP contribution in [-0.4, -0.2) is 0 Å². The first kappa shape index (κ1) is 32.4. The fourth-order valence-corrected chi connectivity index (χ4v) is 9.94. The Morgan fingerprint density at radius 1 is 0.304 bits per heavy atom. The van der Waals surface area contributed by atoms with E-state index in [9.17, 15) is 0 Å². The summed E-state index contributed by atoms with van der Waals surface area (Å²) in [5.74, 6) is 0. The Labute approximate surface area is 330 Å². The van der Waals surface area contributed by atoms with Gasteiger partial charge in [0.25, 0.3) is 0 Å². The van der Waals surface area contributed by atoms with E-state index in [-0.39, 0.29) is 0 Å². The fraction of sp³-hybridized carbons (Fsp3) is 0. The van der Waals surface area contributed by atoms with Crippen molar-refractivity contribution in [3.63, 3.8) is 0 Å². The number of anilines is 3. The van der Waals surface area contributed by atoms with Crippen LogP contribution in [0.15, 0.2) is 212 Å². The Morgan fingerprint density at radius 2 is 0.839 bits per heavy atom. The molecule has 0 unspecified atom stereocenters. The SMILES string of the molecule is c1ccc(-c2c(-c3ccccc3)c3cc(-c4ccccc4N(c4cccc5ccccc45)c4cccc5sc6ccccc6c45)ccc3c3ccccc23)cc1. The zero-order valence-electron chi connectivity index (χ0n) is 30.6. The van der Waals surface area contributed by atoms with Crippen molar-refractivity contribution < 1.29 is 0 Å². The molecule has 56 heavy (non-hydrogen) atoms. The zero-order valence-corrected chi connectivity index (χ0v) is 31.4. The van der Waals surface area contributed by atoms with E-state index in [1.165, 1.54) is 91.6 Å². The van der Waals surface area contributed by atoms with Crippen LogP contribution in [0.4, 0.5) is 17.1 Å². The molecule has 11 aromatic rings. The number of benzene rings is 10. The van der Waals surface area contributed by atoms with E-state index in [2.05, 4.69) is 217 Å². The van der Waals surface area contributed by atoms with E-state index in [4.69, 9.17) is 0 Å². The minimum Gasteiger partial charge on any atom is -0.309 e. The van der Waals surface area contributed by atoms with Crippen molar-refractivity contribution in [1.82, 2.24) is 0 Å². The van der Waals surface area contributed by atoms with Crippen molar-refractivity contribution in [3.8, 4) is 33.4 Å². The highest BCUT2D eigenvalue weighted by atomic mass is 32.1. The van der Waals surface area contributed by atoms with Gasteiger partial charge < -0.3 is 4.90 Å². The van der Waals surface area contributed by atoms with Crippen molar-refractivity contribution in [3.05, 3.63) is 212 Å². The van der Waals surface area contributed by atoms with Crippen molar-refractivity contribution in [2.24, 2.45) is 0 Å². The van der Waals surface area contributed by atoms with Crippen molar-refractivity contribution in [2.45, 2.75) is 0 Å².